The van der Waals surface area contributed by atoms with Crippen LogP contribution in [0.2, 0.25) is 0 Å². The molecule has 0 saturated carbocycles. The average molecular weight is 498 g/mol. The van der Waals surface area contributed by atoms with Crippen LogP contribution in [-0.4, -0.2) is 114 Å². The van der Waals surface area contributed by atoms with Gasteiger partial charge in [0.25, 0.3) is 24.9 Å². The maximum atomic E-state index is 9.88. The van der Waals surface area contributed by atoms with Gasteiger partial charge in [0.05, 0.1) is 14.2 Å². The van der Waals surface area contributed by atoms with E-state index in [2.05, 4.69) is 19.4 Å². The Bertz CT molecular complexity index is 641. The van der Waals surface area contributed by atoms with Crippen molar-refractivity contribution in [3.05, 3.63) is 0 Å². The van der Waals surface area contributed by atoms with Gasteiger partial charge in [0, 0.05) is 0 Å². The summed E-state index contributed by atoms with van der Waals surface area (Å²) in [7, 11) is -5.56. The van der Waals surface area contributed by atoms with E-state index in [4.69, 9.17) is 11.5 Å². The van der Waals surface area contributed by atoms with Crippen LogP contribution in [0.5, 0.6) is 0 Å². The van der Waals surface area contributed by atoms with Crippen LogP contribution in [0, 0.1) is 0 Å². The van der Waals surface area contributed by atoms with Crippen molar-refractivity contribution in [1.82, 2.24) is 10.1 Å². The number of rotatable bonds is 4. The van der Waals surface area contributed by atoms with Crippen molar-refractivity contribution >= 4 is 20.6 Å². The first-order valence-corrected chi connectivity index (χ1v) is 9.97. The Kier molecular flexibility index (Phi) is 8.38. The fourth-order valence-corrected chi connectivity index (χ4v) is 2.03. The Morgan fingerprint density at radius 1 is 0.710 bits per heavy atom. The third-order valence-corrected chi connectivity index (χ3v) is 3.18. The number of hydroxylamine groups is 6. The molecule has 2 aliphatic heterocycles. The van der Waals surface area contributed by atoms with Crippen molar-refractivity contribution in [2.45, 2.75) is 24.9 Å². The van der Waals surface area contributed by atoms with E-state index >= 15 is 0 Å². The standard InChI is InChI=1S/2C5H11N3O4.F6Si/c2*1-11-7-3(9)4(10)8(12-2)5(7)6;1-7(2,3,4,5)6/h2*3-4,6,9-10H,1-2H3;/q;;-2/p+2/t2*3-,4-;/m10./s1. The van der Waals surface area contributed by atoms with E-state index in [0.29, 0.717) is 0 Å². The summed E-state index contributed by atoms with van der Waals surface area (Å²) in [4.78, 5) is 18.7. The van der Waals surface area contributed by atoms with Crippen molar-refractivity contribution in [2.75, 3.05) is 28.4 Å². The van der Waals surface area contributed by atoms with Crippen LogP contribution in [0.4, 0.5) is 24.6 Å². The second-order valence-corrected chi connectivity index (χ2v) is 7.62. The summed E-state index contributed by atoms with van der Waals surface area (Å²) in [5.74, 6) is 0.000000000000000444. The van der Waals surface area contributed by atoms with Crippen molar-refractivity contribution in [2.24, 2.45) is 11.5 Å². The fourth-order valence-electron chi connectivity index (χ4n) is 2.03. The topological polar surface area (TPSA) is 182 Å². The van der Waals surface area contributed by atoms with E-state index in [1.807, 2.05) is 0 Å². The minimum absolute atomic E-state index is 0.000000000000000222. The van der Waals surface area contributed by atoms with E-state index in [1.54, 1.807) is 0 Å². The van der Waals surface area contributed by atoms with Gasteiger partial charge in [-0.3, -0.25) is 11.5 Å². The first-order chi connectivity index (χ1) is 13.7. The predicted molar refractivity (Wildman–Crippen MR) is 87.1 cm³/mol. The Labute approximate surface area is 170 Å². The predicted octanol–water partition coefficient (Wildman–Crippen LogP) is -3.08. The normalized spacial score (nSPS) is 28.3. The number of guanidine groups is 2. The number of nitrogens with zero attached hydrogens (tertiary/aromatic N) is 4. The monoisotopic (exact) mass is 498 g/mol. The molecule has 188 valence electrons. The van der Waals surface area contributed by atoms with Crippen molar-refractivity contribution < 1.29 is 73.9 Å². The molecule has 0 aromatic carbocycles. The second-order valence-electron chi connectivity index (χ2n) is 5.48. The number of nitrogens with two attached hydrogens (primary N) is 2. The van der Waals surface area contributed by atoms with Gasteiger partial charge in [0.2, 0.25) is 0 Å². The van der Waals surface area contributed by atoms with E-state index in [-0.39, 0.29) is 11.9 Å². The summed E-state index contributed by atoms with van der Waals surface area (Å²) >= 11 is 0. The molecule has 21 heteroatoms. The van der Waals surface area contributed by atoms with Gasteiger partial charge < -0.3 is 30.1 Å². The fraction of sp³-hybridized carbons (Fsp3) is 0.800. The molecular weight excluding hydrogens is 474 g/mol. The van der Waals surface area contributed by atoms with Gasteiger partial charge in [-0.25, -0.2) is 9.68 Å². The molecule has 0 aromatic heterocycles. The van der Waals surface area contributed by atoms with E-state index in [9.17, 15) is 45.1 Å². The number of hydrogen-bond acceptors (Lipinski definition) is 12. The van der Waals surface area contributed by atoms with Crippen LogP contribution in [0.1, 0.15) is 0 Å². The summed E-state index contributed by atoms with van der Waals surface area (Å²) in [5, 5.41) is 38.9. The molecule has 31 heavy (non-hydrogen) atoms. The molecule has 0 amide bonds. The Morgan fingerprint density at radius 2 is 0.935 bits per heavy atom. The molecule has 4 atom stereocenters. The molecule has 2 heterocycles. The van der Waals surface area contributed by atoms with Gasteiger partial charge in [-0.2, -0.15) is 0 Å². The molecule has 0 fully saturated rings. The first kappa shape index (κ1) is 28.7. The minimum atomic E-state index is -10.8. The van der Waals surface area contributed by atoms with Crippen LogP contribution in [0.25, 0.3) is 0 Å². The first-order valence-electron chi connectivity index (χ1n) is 7.70. The third-order valence-electron chi connectivity index (χ3n) is 3.18. The summed E-state index contributed by atoms with van der Waals surface area (Å²) in [6.07, 6.45) is -4.96. The molecule has 0 spiro atoms. The molecule has 0 aromatic rings. The van der Waals surface area contributed by atoms with Gasteiger partial charge >= 0.3 is 45.2 Å². The van der Waals surface area contributed by atoms with Crippen LogP contribution >= 0.6 is 0 Å². The van der Waals surface area contributed by atoms with E-state index in [1.165, 1.54) is 28.4 Å². The van der Waals surface area contributed by atoms with Crippen molar-refractivity contribution in [1.29, 1.82) is 0 Å². The molecule has 0 radical (unpaired) electrons. The molecule has 0 unspecified atom stereocenters. The molecule has 8 N–H and O–H groups in total. The summed E-state index contributed by atoms with van der Waals surface area (Å²) in [6, 6.07) is 0. The molecule has 2 aliphatic rings. The molecular formula is C10H24F6N6O8Si. The number of aliphatic hydroxyl groups is 4. The molecule has 14 nitrogen and oxygen atoms in total. The Balaban J connectivity index is 0.000000454. The zero-order chi connectivity index (χ0) is 25.0. The zero-order valence-electron chi connectivity index (χ0n) is 16.4. The van der Waals surface area contributed by atoms with Crippen LogP contribution < -0.4 is 11.5 Å². The van der Waals surface area contributed by atoms with E-state index in [0.717, 1.165) is 19.6 Å². The Morgan fingerprint density at radius 3 is 1.03 bits per heavy atom. The summed E-state index contributed by atoms with van der Waals surface area (Å²) < 4.78 is 61.2. The summed E-state index contributed by atoms with van der Waals surface area (Å²) in [6.45, 7) is 0. The van der Waals surface area contributed by atoms with E-state index < -0.39 is 33.5 Å². The van der Waals surface area contributed by atoms with Gasteiger partial charge in [0.15, 0.2) is 0 Å². The SMILES string of the molecule is CON1C(N)=[N+](OC)[C@@H](O)[C@@H]1O.CON1C(N)=[N+](OC)[C@H](O)[C@H]1O.F[Si-2](F)(F)(F)(F)F. The molecule has 0 aliphatic carbocycles. The van der Waals surface area contributed by atoms with Crippen LogP contribution in [0.3, 0.4) is 0 Å². The third kappa shape index (κ3) is 8.76. The summed E-state index contributed by atoms with van der Waals surface area (Å²) in [5.41, 5.74) is 10.8. The quantitative estimate of drug-likeness (QED) is 0.0997. The van der Waals surface area contributed by atoms with Crippen molar-refractivity contribution in [3.63, 3.8) is 0 Å². The van der Waals surface area contributed by atoms with Crippen molar-refractivity contribution in [3.8, 4) is 0 Å². The Hall–Kier alpha value is -2.30. The number of hydrogen-bond donors (Lipinski definition) is 6. The second kappa shape index (κ2) is 9.05. The van der Waals surface area contributed by atoms with Gasteiger partial charge in [-0.15, -0.1) is 0 Å². The zero-order valence-corrected chi connectivity index (χ0v) is 17.4. The number of aliphatic hydroxyl groups excluding tert-OH is 4. The van der Waals surface area contributed by atoms with Gasteiger partial charge in [-0.05, 0) is 0 Å². The number of halogens is 6. The van der Waals surface area contributed by atoms with Crippen LogP contribution in [0.15, 0.2) is 0 Å². The molecule has 0 bridgehead atoms. The van der Waals surface area contributed by atoms with Gasteiger partial charge in [-0.1, -0.05) is 19.6 Å². The molecule has 2 rings (SSSR count). The molecule has 0 saturated heterocycles. The van der Waals surface area contributed by atoms with Crippen LogP contribution in [-0.2, 0) is 19.4 Å². The maximum absolute atomic E-state index is 10.8. The van der Waals surface area contributed by atoms with Gasteiger partial charge in [0.1, 0.15) is 14.2 Å². The average Bonchev–Trinajstić information content (AvgIpc) is 2.94.